The third-order valence-corrected chi connectivity index (χ3v) is 2.53. The summed E-state index contributed by atoms with van der Waals surface area (Å²) in [5.74, 6) is -2.01. The molecule has 1 N–H and O–H groups in total. The predicted octanol–water partition coefficient (Wildman–Crippen LogP) is 2.22. The van der Waals surface area contributed by atoms with Crippen LogP contribution in [0.5, 0.6) is 0 Å². The Bertz CT molecular complexity index is 627. The van der Waals surface area contributed by atoms with Gasteiger partial charge in [0.1, 0.15) is 0 Å². The molecular formula is C11H10F2N4O2. The molecule has 2 rings (SSSR count). The lowest BCUT2D eigenvalue weighted by atomic mass is 10.2. The first-order chi connectivity index (χ1) is 8.99. The van der Waals surface area contributed by atoms with Gasteiger partial charge >= 0.3 is 5.82 Å². The molecule has 1 heterocycles. The maximum Gasteiger partial charge on any atom is 0.406 e. The first-order valence-electron chi connectivity index (χ1n) is 5.32. The Hall–Kier alpha value is -2.51. The molecule has 0 aliphatic heterocycles. The molecule has 0 atom stereocenters. The number of hydrogen-bond donors (Lipinski definition) is 1. The third-order valence-electron chi connectivity index (χ3n) is 2.53. The number of nitrogens with one attached hydrogen (secondary N) is 1. The fraction of sp³-hybridized carbons (Fsp3) is 0.182. The SMILES string of the molecule is Cn1cnc([N+](=O)[O-])c1NCc1ccc(F)c(F)c1. The zero-order chi connectivity index (χ0) is 14.0. The van der Waals surface area contributed by atoms with Gasteiger partial charge in [0, 0.05) is 13.6 Å². The summed E-state index contributed by atoms with van der Waals surface area (Å²) in [7, 11) is 1.59. The highest BCUT2D eigenvalue weighted by molar-refractivity contribution is 5.52. The molecule has 2 aromatic rings. The molecular weight excluding hydrogens is 258 g/mol. The van der Waals surface area contributed by atoms with Crippen molar-refractivity contribution in [2.45, 2.75) is 6.54 Å². The van der Waals surface area contributed by atoms with Gasteiger partial charge in [-0.25, -0.2) is 8.78 Å². The third kappa shape index (κ3) is 2.67. The van der Waals surface area contributed by atoms with Crippen LogP contribution in [0.1, 0.15) is 5.56 Å². The minimum Gasteiger partial charge on any atom is -0.360 e. The number of nitrogens with zero attached hydrogens (tertiary/aromatic N) is 3. The molecule has 0 spiro atoms. The maximum absolute atomic E-state index is 13.0. The van der Waals surface area contributed by atoms with Gasteiger partial charge in [0.25, 0.3) is 0 Å². The summed E-state index contributed by atoms with van der Waals surface area (Å²) >= 11 is 0. The molecule has 8 heteroatoms. The second-order valence-corrected chi connectivity index (χ2v) is 3.89. The van der Waals surface area contributed by atoms with E-state index in [0.29, 0.717) is 5.56 Å². The van der Waals surface area contributed by atoms with Gasteiger partial charge in [0.15, 0.2) is 11.6 Å². The molecule has 19 heavy (non-hydrogen) atoms. The topological polar surface area (TPSA) is 73.0 Å². The normalized spacial score (nSPS) is 10.5. The van der Waals surface area contributed by atoms with Crippen LogP contribution in [-0.4, -0.2) is 14.5 Å². The number of hydrogen-bond acceptors (Lipinski definition) is 4. The van der Waals surface area contributed by atoms with Crippen molar-refractivity contribution in [2.75, 3.05) is 5.32 Å². The molecule has 0 amide bonds. The Kier molecular flexibility index (Phi) is 3.41. The van der Waals surface area contributed by atoms with E-state index in [1.165, 1.54) is 17.0 Å². The second kappa shape index (κ2) is 5.01. The van der Waals surface area contributed by atoms with Gasteiger partial charge in [-0.05, 0) is 27.6 Å². The Labute approximate surface area is 106 Å². The lowest BCUT2D eigenvalue weighted by Gasteiger charge is -2.06. The zero-order valence-corrected chi connectivity index (χ0v) is 9.93. The average molecular weight is 268 g/mol. The van der Waals surface area contributed by atoms with Gasteiger partial charge in [-0.3, -0.25) is 4.57 Å². The van der Waals surface area contributed by atoms with Crippen LogP contribution in [0.25, 0.3) is 0 Å². The minimum atomic E-state index is -0.959. The van der Waals surface area contributed by atoms with Gasteiger partial charge in [0.2, 0.25) is 12.1 Å². The Morgan fingerprint density at radius 3 is 2.79 bits per heavy atom. The summed E-state index contributed by atoms with van der Waals surface area (Å²) < 4.78 is 27.2. The van der Waals surface area contributed by atoms with Crippen molar-refractivity contribution < 1.29 is 13.7 Å². The summed E-state index contributed by atoms with van der Waals surface area (Å²) in [6.07, 6.45) is 1.30. The first kappa shape index (κ1) is 12.9. The molecule has 1 aromatic carbocycles. The van der Waals surface area contributed by atoms with E-state index in [9.17, 15) is 18.9 Å². The molecule has 0 radical (unpaired) electrons. The lowest BCUT2D eigenvalue weighted by Crippen LogP contribution is -2.06. The van der Waals surface area contributed by atoms with E-state index in [-0.39, 0.29) is 18.2 Å². The first-order valence-corrected chi connectivity index (χ1v) is 5.32. The second-order valence-electron chi connectivity index (χ2n) is 3.89. The highest BCUT2D eigenvalue weighted by Gasteiger charge is 2.19. The fourth-order valence-electron chi connectivity index (χ4n) is 1.59. The molecule has 0 unspecified atom stereocenters. The molecule has 0 saturated carbocycles. The van der Waals surface area contributed by atoms with Crippen LogP contribution in [0.4, 0.5) is 20.4 Å². The summed E-state index contributed by atoms with van der Waals surface area (Å²) in [6.45, 7) is 0.123. The van der Waals surface area contributed by atoms with Gasteiger partial charge in [-0.1, -0.05) is 6.07 Å². The van der Waals surface area contributed by atoms with Crippen LogP contribution < -0.4 is 5.32 Å². The summed E-state index contributed by atoms with van der Waals surface area (Å²) in [4.78, 5) is 13.7. The number of nitro groups is 1. The van der Waals surface area contributed by atoms with Crippen LogP contribution in [0.3, 0.4) is 0 Å². The minimum absolute atomic E-state index is 0.123. The molecule has 1 aromatic heterocycles. The monoisotopic (exact) mass is 268 g/mol. The standard InChI is InChI=1S/C11H10F2N4O2/c1-16-6-15-11(17(18)19)10(16)14-5-7-2-3-8(12)9(13)4-7/h2-4,6,14H,5H2,1H3. The quantitative estimate of drug-likeness (QED) is 0.681. The number of anilines is 1. The largest absolute Gasteiger partial charge is 0.406 e. The Balaban J connectivity index is 2.16. The van der Waals surface area contributed by atoms with Gasteiger partial charge in [-0.15, -0.1) is 0 Å². The van der Waals surface area contributed by atoms with Gasteiger partial charge in [-0.2, -0.15) is 0 Å². The van der Waals surface area contributed by atoms with E-state index in [1.54, 1.807) is 7.05 Å². The number of aromatic nitrogens is 2. The number of benzene rings is 1. The molecule has 6 nitrogen and oxygen atoms in total. The smallest absolute Gasteiger partial charge is 0.360 e. The van der Waals surface area contributed by atoms with E-state index >= 15 is 0 Å². The summed E-state index contributed by atoms with van der Waals surface area (Å²) in [6, 6.07) is 3.43. The van der Waals surface area contributed by atoms with E-state index in [1.807, 2.05) is 0 Å². The van der Waals surface area contributed by atoms with Crippen LogP contribution in [-0.2, 0) is 13.6 Å². The summed E-state index contributed by atoms with van der Waals surface area (Å²) in [5.41, 5.74) is 0.467. The van der Waals surface area contributed by atoms with Crippen LogP contribution >= 0.6 is 0 Å². The van der Waals surface area contributed by atoms with Crippen molar-refractivity contribution >= 4 is 11.6 Å². The van der Waals surface area contributed by atoms with Crippen molar-refractivity contribution in [3.63, 3.8) is 0 Å². The van der Waals surface area contributed by atoms with Gasteiger partial charge in [0.05, 0.1) is 0 Å². The highest BCUT2D eigenvalue weighted by atomic mass is 19.2. The summed E-state index contributed by atoms with van der Waals surface area (Å²) in [5, 5.41) is 13.5. The molecule has 0 saturated heterocycles. The van der Waals surface area contributed by atoms with E-state index in [2.05, 4.69) is 10.3 Å². The van der Waals surface area contributed by atoms with E-state index < -0.39 is 16.6 Å². The van der Waals surface area contributed by atoms with Crippen molar-refractivity contribution in [3.8, 4) is 0 Å². The molecule has 0 bridgehead atoms. The number of rotatable bonds is 4. The Morgan fingerprint density at radius 1 is 1.42 bits per heavy atom. The lowest BCUT2D eigenvalue weighted by molar-refractivity contribution is -0.388. The predicted molar refractivity (Wildman–Crippen MR) is 63.5 cm³/mol. The van der Waals surface area contributed by atoms with Crippen molar-refractivity contribution in [2.24, 2.45) is 7.05 Å². The Morgan fingerprint density at radius 2 is 2.16 bits per heavy atom. The molecule has 100 valence electrons. The average Bonchev–Trinajstić information content (AvgIpc) is 2.72. The van der Waals surface area contributed by atoms with Crippen LogP contribution in [0.15, 0.2) is 24.5 Å². The van der Waals surface area contributed by atoms with E-state index in [0.717, 1.165) is 12.1 Å². The highest BCUT2D eigenvalue weighted by Crippen LogP contribution is 2.21. The van der Waals surface area contributed by atoms with Gasteiger partial charge < -0.3 is 15.4 Å². The number of imidazole rings is 1. The molecule has 0 aliphatic carbocycles. The molecule has 0 aliphatic rings. The van der Waals surface area contributed by atoms with Crippen molar-refractivity contribution in [1.29, 1.82) is 0 Å². The maximum atomic E-state index is 13.0. The van der Waals surface area contributed by atoms with Crippen molar-refractivity contribution in [3.05, 3.63) is 51.8 Å². The number of aryl methyl sites for hydroxylation is 1. The molecule has 0 fully saturated rings. The number of halogens is 2. The fourth-order valence-corrected chi connectivity index (χ4v) is 1.59. The van der Waals surface area contributed by atoms with Crippen LogP contribution in [0, 0.1) is 21.7 Å². The zero-order valence-electron chi connectivity index (χ0n) is 9.93. The van der Waals surface area contributed by atoms with Crippen molar-refractivity contribution in [1.82, 2.24) is 9.55 Å². The van der Waals surface area contributed by atoms with E-state index in [4.69, 9.17) is 0 Å². The van der Waals surface area contributed by atoms with Crippen LogP contribution in [0.2, 0.25) is 0 Å².